The maximum absolute atomic E-state index is 5.35. The van der Waals surface area contributed by atoms with Crippen LogP contribution in [0.15, 0.2) is 4.52 Å². The molecule has 15 heavy (non-hydrogen) atoms. The van der Waals surface area contributed by atoms with Crippen molar-refractivity contribution in [3.8, 4) is 0 Å². The lowest BCUT2D eigenvalue weighted by Crippen LogP contribution is -2.42. The molecule has 2 rings (SSSR count). The minimum absolute atomic E-state index is 0.307. The molecule has 1 unspecified atom stereocenters. The minimum Gasteiger partial charge on any atom is -0.378 e. The summed E-state index contributed by atoms with van der Waals surface area (Å²) in [6.07, 6.45) is 2.77. The molecule has 2 heterocycles. The maximum atomic E-state index is 5.35. The van der Waals surface area contributed by atoms with Crippen LogP contribution < -0.4 is 5.32 Å². The van der Waals surface area contributed by atoms with E-state index in [1.807, 2.05) is 6.26 Å². The summed E-state index contributed by atoms with van der Waals surface area (Å²) in [7, 11) is 0. The zero-order chi connectivity index (χ0) is 10.5. The van der Waals surface area contributed by atoms with E-state index in [1.54, 1.807) is 11.8 Å². The molecule has 0 saturated carbocycles. The molecule has 5 nitrogen and oxygen atoms in total. The molecule has 0 radical (unpaired) electrons. The molecule has 0 aromatic carbocycles. The van der Waals surface area contributed by atoms with E-state index in [9.17, 15) is 0 Å². The van der Waals surface area contributed by atoms with Crippen LogP contribution in [0.4, 0.5) is 0 Å². The molecule has 1 atom stereocenters. The highest BCUT2D eigenvalue weighted by Gasteiger charge is 2.17. The Morgan fingerprint density at radius 3 is 3.27 bits per heavy atom. The van der Waals surface area contributed by atoms with Gasteiger partial charge in [0.15, 0.2) is 5.82 Å². The largest absolute Gasteiger partial charge is 0.378 e. The van der Waals surface area contributed by atoms with Gasteiger partial charge in [0, 0.05) is 19.0 Å². The Balaban J connectivity index is 1.86. The first-order chi connectivity index (χ1) is 7.38. The van der Waals surface area contributed by atoms with Gasteiger partial charge >= 0.3 is 0 Å². The Morgan fingerprint density at radius 1 is 1.60 bits per heavy atom. The predicted octanol–water partition coefficient (Wildman–Crippen LogP) is 0.463. The van der Waals surface area contributed by atoms with Crippen molar-refractivity contribution in [3.63, 3.8) is 0 Å². The van der Waals surface area contributed by atoms with E-state index < -0.39 is 0 Å². The number of hydrogen-bond donors (Lipinski definition) is 1. The summed E-state index contributed by atoms with van der Waals surface area (Å²) >= 11 is 1.69. The molecule has 1 N–H and O–H groups in total. The van der Waals surface area contributed by atoms with Crippen LogP contribution in [0.1, 0.15) is 11.7 Å². The third-order valence-electron chi connectivity index (χ3n) is 2.20. The van der Waals surface area contributed by atoms with Gasteiger partial charge in [-0.1, -0.05) is 5.16 Å². The van der Waals surface area contributed by atoms with Crippen LogP contribution in [0.2, 0.25) is 0 Å². The number of thioether (sulfide) groups is 1. The van der Waals surface area contributed by atoms with Gasteiger partial charge < -0.3 is 14.6 Å². The summed E-state index contributed by atoms with van der Waals surface area (Å²) in [5.74, 6) is 2.27. The van der Waals surface area contributed by atoms with Crippen molar-refractivity contribution in [2.24, 2.45) is 0 Å². The van der Waals surface area contributed by atoms with Crippen molar-refractivity contribution >= 4 is 11.8 Å². The first-order valence-corrected chi connectivity index (χ1v) is 6.39. The highest BCUT2D eigenvalue weighted by molar-refractivity contribution is 7.97. The average Bonchev–Trinajstić information content (AvgIpc) is 2.68. The number of rotatable bonds is 4. The smallest absolute Gasteiger partial charge is 0.228 e. The SMILES string of the molecule is CSCc1noc(CC2COCCN2)n1. The van der Waals surface area contributed by atoms with Gasteiger partial charge in [0.2, 0.25) is 5.89 Å². The first kappa shape index (κ1) is 10.9. The van der Waals surface area contributed by atoms with Crippen LogP contribution in [0.25, 0.3) is 0 Å². The molecule has 6 heteroatoms. The van der Waals surface area contributed by atoms with Gasteiger partial charge in [-0.3, -0.25) is 0 Å². The lowest BCUT2D eigenvalue weighted by atomic mass is 10.2. The Bertz CT molecular complexity index is 299. The first-order valence-electron chi connectivity index (χ1n) is 5.00. The normalized spacial score (nSPS) is 21.8. The van der Waals surface area contributed by atoms with Gasteiger partial charge in [-0.15, -0.1) is 0 Å². The molecule has 1 saturated heterocycles. The monoisotopic (exact) mass is 229 g/mol. The third-order valence-corrected chi connectivity index (χ3v) is 2.75. The lowest BCUT2D eigenvalue weighted by molar-refractivity contribution is 0.0744. The molecule has 0 spiro atoms. The quantitative estimate of drug-likeness (QED) is 0.809. The van der Waals surface area contributed by atoms with Crippen LogP contribution in [0.3, 0.4) is 0 Å². The molecule has 1 aromatic heterocycles. The Morgan fingerprint density at radius 2 is 2.53 bits per heavy atom. The highest BCUT2D eigenvalue weighted by Crippen LogP contribution is 2.08. The zero-order valence-corrected chi connectivity index (χ0v) is 9.55. The van der Waals surface area contributed by atoms with E-state index in [0.717, 1.165) is 37.8 Å². The predicted molar refractivity (Wildman–Crippen MR) is 57.8 cm³/mol. The lowest BCUT2D eigenvalue weighted by Gasteiger charge is -2.22. The Labute approximate surface area is 93.0 Å². The van der Waals surface area contributed by atoms with Gasteiger partial charge in [-0.2, -0.15) is 16.7 Å². The maximum Gasteiger partial charge on any atom is 0.228 e. The highest BCUT2D eigenvalue weighted by atomic mass is 32.2. The van der Waals surface area contributed by atoms with Crippen molar-refractivity contribution in [1.82, 2.24) is 15.5 Å². The number of nitrogens with one attached hydrogen (secondary N) is 1. The van der Waals surface area contributed by atoms with E-state index in [4.69, 9.17) is 9.26 Å². The van der Waals surface area contributed by atoms with Crippen LogP contribution in [0, 0.1) is 0 Å². The van der Waals surface area contributed by atoms with Gasteiger partial charge in [-0.05, 0) is 6.26 Å². The van der Waals surface area contributed by atoms with E-state index in [1.165, 1.54) is 0 Å². The van der Waals surface area contributed by atoms with E-state index >= 15 is 0 Å². The topological polar surface area (TPSA) is 60.2 Å². The molecule has 1 fully saturated rings. The number of morpholine rings is 1. The number of nitrogens with zero attached hydrogens (tertiary/aromatic N) is 2. The summed E-state index contributed by atoms with van der Waals surface area (Å²) in [4.78, 5) is 4.30. The second kappa shape index (κ2) is 5.48. The van der Waals surface area contributed by atoms with Gasteiger partial charge in [0.25, 0.3) is 0 Å². The summed E-state index contributed by atoms with van der Waals surface area (Å²) in [5, 5.41) is 7.25. The van der Waals surface area contributed by atoms with E-state index in [0.29, 0.717) is 11.9 Å². The van der Waals surface area contributed by atoms with Crippen molar-refractivity contribution in [3.05, 3.63) is 11.7 Å². The molecule has 0 bridgehead atoms. The summed E-state index contributed by atoms with van der Waals surface area (Å²) < 4.78 is 10.5. The fraction of sp³-hybridized carbons (Fsp3) is 0.778. The summed E-state index contributed by atoms with van der Waals surface area (Å²) in [6, 6.07) is 0.307. The molecule has 1 aliphatic rings. The van der Waals surface area contributed by atoms with Crippen molar-refractivity contribution < 1.29 is 9.26 Å². The van der Waals surface area contributed by atoms with Crippen LogP contribution >= 0.6 is 11.8 Å². The van der Waals surface area contributed by atoms with Gasteiger partial charge in [0.05, 0.1) is 19.0 Å². The third kappa shape index (κ3) is 3.19. The average molecular weight is 229 g/mol. The van der Waals surface area contributed by atoms with Crippen molar-refractivity contribution in [2.75, 3.05) is 26.0 Å². The molecule has 1 aliphatic heterocycles. The number of aromatic nitrogens is 2. The Hall–Kier alpha value is -0.590. The fourth-order valence-corrected chi connectivity index (χ4v) is 1.90. The van der Waals surface area contributed by atoms with Crippen LogP contribution in [-0.2, 0) is 16.9 Å². The number of hydrogen-bond acceptors (Lipinski definition) is 6. The minimum atomic E-state index is 0.307. The zero-order valence-electron chi connectivity index (χ0n) is 8.73. The fourth-order valence-electron chi connectivity index (χ4n) is 1.52. The molecular weight excluding hydrogens is 214 g/mol. The summed E-state index contributed by atoms with van der Waals surface area (Å²) in [6.45, 7) is 2.41. The number of ether oxygens (including phenoxy) is 1. The van der Waals surface area contributed by atoms with Crippen LogP contribution in [-0.4, -0.2) is 42.2 Å². The molecule has 0 amide bonds. The summed E-state index contributed by atoms with van der Waals surface area (Å²) in [5.41, 5.74) is 0. The van der Waals surface area contributed by atoms with Gasteiger partial charge in [-0.25, -0.2) is 0 Å². The van der Waals surface area contributed by atoms with Gasteiger partial charge in [0.1, 0.15) is 0 Å². The second-order valence-electron chi connectivity index (χ2n) is 3.47. The molecule has 0 aliphatic carbocycles. The standard InChI is InChI=1S/C9H15N3O2S/c1-15-6-8-11-9(14-12-8)4-7-5-13-3-2-10-7/h7,10H,2-6H2,1H3. The van der Waals surface area contributed by atoms with Crippen molar-refractivity contribution in [1.29, 1.82) is 0 Å². The molecular formula is C9H15N3O2S. The van der Waals surface area contributed by atoms with Crippen LogP contribution in [0.5, 0.6) is 0 Å². The van der Waals surface area contributed by atoms with Crippen molar-refractivity contribution in [2.45, 2.75) is 18.2 Å². The second-order valence-corrected chi connectivity index (χ2v) is 4.33. The molecule has 84 valence electrons. The van der Waals surface area contributed by atoms with E-state index in [-0.39, 0.29) is 0 Å². The molecule has 1 aromatic rings. The van der Waals surface area contributed by atoms with E-state index in [2.05, 4.69) is 15.5 Å². The Kier molecular flexibility index (Phi) is 3.99.